The zero-order chi connectivity index (χ0) is 18.6. The lowest BCUT2D eigenvalue weighted by Gasteiger charge is -2.26. The van der Waals surface area contributed by atoms with Crippen LogP contribution >= 0.6 is 12.4 Å². The highest BCUT2D eigenvalue weighted by Crippen LogP contribution is 2.14. The van der Waals surface area contributed by atoms with Crippen molar-refractivity contribution >= 4 is 28.3 Å². The molecule has 0 heterocycles. The van der Waals surface area contributed by atoms with Gasteiger partial charge in [0.15, 0.2) is 0 Å². The third-order valence-electron chi connectivity index (χ3n) is 3.88. The number of amides is 1. The summed E-state index contributed by atoms with van der Waals surface area (Å²) in [7, 11) is -3.61. The van der Waals surface area contributed by atoms with E-state index < -0.39 is 21.1 Å². The van der Waals surface area contributed by atoms with E-state index in [4.69, 9.17) is 5.73 Å². The molecule has 0 spiro atoms. The maximum absolute atomic E-state index is 12.2. The molecule has 1 amide bonds. The van der Waals surface area contributed by atoms with Crippen LogP contribution in [0.3, 0.4) is 0 Å². The van der Waals surface area contributed by atoms with Gasteiger partial charge in [-0.15, -0.1) is 12.4 Å². The predicted octanol–water partition coefficient (Wildman–Crippen LogP) is 2.43. The number of carbonyl (C=O) groups excluding carboxylic acids is 1. The molecule has 6 nitrogen and oxygen atoms in total. The van der Waals surface area contributed by atoms with Crippen LogP contribution in [0.4, 0.5) is 0 Å². The average Bonchev–Trinajstić information content (AvgIpc) is 2.50. The lowest BCUT2D eigenvalue weighted by Crippen LogP contribution is -2.49. The SMILES string of the molecule is CCC(N)(CC)CNC(=O)c1ccc(S(=O)(=O)NC(C)(C)C)cc1.Cl. The molecule has 0 unspecified atom stereocenters. The van der Waals surface area contributed by atoms with Crippen molar-refractivity contribution in [3.63, 3.8) is 0 Å². The molecule has 0 aliphatic heterocycles. The number of nitrogens with one attached hydrogen (secondary N) is 2. The summed E-state index contributed by atoms with van der Waals surface area (Å²) in [6.45, 7) is 9.66. The van der Waals surface area contributed by atoms with Crippen LogP contribution in [0, 0.1) is 0 Å². The van der Waals surface area contributed by atoms with Crippen molar-refractivity contribution in [1.29, 1.82) is 0 Å². The molecule has 0 bridgehead atoms. The van der Waals surface area contributed by atoms with E-state index in [9.17, 15) is 13.2 Å². The Hall–Kier alpha value is -1.15. The molecule has 1 rings (SSSR count). The largest absolute Gasteiger partial charge is 0.350 e. The fourth-order valence-corrected chi connectivity index (χ4v) is 3.52. The number of sulfonamides is 1. The van der Waals surface area contributed by atoms with Gasteiger partial charge >= 0.3 is 0 Å². The van der Waals surface area contributed by atoms with Crippen molar-refractivity contribution in [2.75, 3.05) is 6.54 Å². The van der Waals surface area contributed by atoms with E-state index in [1.807, 2.05) is 13.8 Å². The summed E-state index contributed by atoms with van der Waals surface area (Å²) in [5.74, 6) is -0.264. The summed E-state index contributed by atoms with van der Waals surface area (Å²) >= 11 is 0. The third kappa shape index (κ3) is 7.32. The Morgan fingerprint density at radius 3 is 1.96 bits per heavy atom. The lowest BCUT2D eigenvalue weighted by atomic mass is 9.94. The van der Waals surface area contributed by atoms with Gasteiger partial charge in [0.25, 0.3) is 5.91 Å². The molecule has 0 fully saturated rings. The van der Waals surface area contributed by atoms with Gasteiger partial charge < -0.3 is 11.1 Å². The molecule has 0 aliphatic carbocycles. The maximum atomic E-state index is 12.2. The second-order valence-electron chi connectivity index (χ2n) is 7.13. The molecular formula is C17H30ClN3O3S. The molecule has 25 heavy (non-hydrogen) atoms. The van der Waals surface area contributed by atoms with E-state index in [1.54, 1.807) is 20.8 Å². The van der Waals surface area contributed by atoms with Gasteiger partial charge in [-0.3, -0.25) is 4.79 Å². The Kier molecular flexibility index (Phi) is 8.57. The van der Waals surface area contributed by atoms with Crippen molar-refractivity contribution < 1.29 is 13.2 Å². The third-order valence-corrected chi connectivity index (χ3v) is 5.65. The van der Waals surface area contributed by atoms with E-state index in [-0.39, 0.29) is 23.2 Å². The predicted molar refractivity (Wildman–Crippen MR) is 104 cm³/mol. The van der Waals surface area contributed by atoms with Crippen molar-refractivity contribution in [2.45, 2.75) is 63.4 Å². The number of carbonyl (C=O) groups is 1. The van der Waals surface area contributed by atoms with Crippen molar-refractivity contribution in [1.82, 2.24) is 10.0 Å². The highest BCUT2D eigenvalue weighted by Gasteiger charge is 2.23. The Bertz CT molecular complexity index is 663. The Morgan fingerprint density at radius 2 is 1.56 bits per heavy atom. The number of halogens is 1. The summed E-state index contributed by atoms with van der Waals surface area (Å²) < 4.78 is 27.0. The zero-order valence-corrected chi connectivity index (χ0v) is 17.2. The minimum atomic E-state index is -3.61. The summed E-state index contributed by atoms with van der Waals surface area (Å²) in [5.41, 5.74) is 5.57. The molecule has 0 atom stereocenters. The molecule has 4 N–H and O–H groups in total. The smallest absolute Gasteiger partial charge is 0.251 e. The lowest BCUT2D eigenvalue weighted by molar-refractivity contribution is 0.0942. The Balaban J connectivity index is 0.00000576. The van der Waals surface area contributed by atoms with Crippen LogP contribution in [0.25, 0.3) is 0 Å². The maximum Gasteiger partial charge on any atom is 0.251 e. The van der Waals surface area contributed by atoms with Gasteiger partial charge in [-0.1, -0.05) is 13.8 Å². The van der Waals surface area contributed by atoms with Gasteiger partial charge in [0.2, 0.25) is 10.0 Å². The number of hydrogen-bond donors (Lipinski definition) is 3. The summed E-state index contributed by atoms with van der Waals surface area (Å²) in [5, 5.41) is 2.81. The van der Waals surface area contributed by atoms with E-state index in [0.717, 1.165) is 12.8 Å². The first-order valence-corrected chi connectivity index (χ1v) is 9.62. The van der Waals surface area contributed by atoms with Crippen LogP contribution in [0.1, 0.15) is 57.8 Å². The summed E-state index contributed by atoms with van der Waals surface area (Å²) in [6, 6.07) is 5.86. The highest BCUT2D eigenvalue weighted by molar-refractivity contribution is 7.89. The quantitative estimate of drug-likeness (QED) is 0.664. The van der Waals surface area contributed by atoms with E-state index in [1.165, 1.54) is 24.3 Å². The number of rotatable bonds is 7. The number of hydrogen-bond acceptors (Lipinski definition) is 4. The van der Waals surface area contributed by atoms with Crippen molar-refractivity contribution in [3.8, 4) is 0 Å². The summed E-state index contributed by atoms with van der Waals surface area (Å²) in [6.07, 6.45) is 1.53. The van der Waals surface area contributed by atoms with E-state index in [2.05, 4.69) is 10.0 Å². The first kappa shape index (κ1) is 23.9. The minimum absolute atomic E-state index is 0. The van der Waals surface area contributed by atoms with Crippen LogP contribution in [0.2, 0.25) is 0 Å². The van der Waals surface area contributed by atoms with E-state index >= 15 is 0 Å². The molecule has 1 aromatic rings. The molecule has 144 valence electrons. The molecule has 1 aromatic carbocycles. The molecule has 0 radical (unpaired) electrons. The van der Waals surface area contributed by atoms with Gasteiger partial charge in [-0.25, -0.2) is 13.1 Å². The van der Waals surface area contributed by atoms with Gasteiger partial charge in [-0.2, -0.15) is 0 Å². The topological polar surface area (TPSA) is 101 Å². The Morgan fingerprint density at radius 1 is 1.08 bits per heavy atom. The molecule has 0 saturated carbocycles. The van der Waals surface area contributed by atoms with Crippen molar-refractivity contribution in [2.24, 2.45) is 5.73 Å². The van der Waals surface area contributed by atoms with Crippen LogP contribution < -0.4 is 15.8 Å². The van der Waals surface area contributed by atoms with Gasteiger partial charge in [0, 0.05) is 23.2 Å². The molecular weight excluding hydrogens is 362 g/mol. The van der Waals surface area contributed by atoms with Gasteiger partial charge in [-0.05, 0) is 57.9 Å². The first-order valence-electron chi connectivity index (χ1n) is 8.13. The second kappa shape index (κ2) is 8.98. The monoisotopic (exact) mass is 391 g/mol. The van der Waals surface area contributed by atoms with Crippen LogP contribution in [0.15, 0.2) is 29.2 Å². The Labute approximate surface area is 157 Å². The minimum Gasteiger partial charge on any atom is -0.350 e. The fourth-order valence-electron chi connectivity index (χ4n) is 2.11. The number of benzene rings is 1. The average molecular weight is 392 g/mol. The van der Waals surface area contributed by atoms with Crippen LogP contribution in [0.5, 0.6) is 0 Å². The zero-order valence-electron chi connectivity index (χ0n) is 15.5. The van der Waals surface area contributed by atoms with Crippen LogP contribution in [-0.2, 0) is 10.0 Å². The molecule has 8 heteroatoms. The van der Waals surface area contributed by atoms with Gasteiger partial charge in [0.05, 0.1) is 4.90 Å². The molecule has 0 aliphatic rings. The second-order valence-corrected chi connectivity index (χ2v) is 8.81. The van der Waals surface area contributed by atoms with Crippen molar-refractivity contribution in [3.05, 3.63) is 29.8 Å². The first-order chi connectivity index (χ1) is 10.9. The normalized spacial score (nSPS) is 12.4. The van der Waals surface area contributed by atoms with Gasteiger partial charge in [0.1, 0.15) is 0 Å². The molecule has 0 aromatic heterocycles. The fraction of sp³-hybridized carbons (Fsp3) is 0.588. The van der Waals surface area contributed by atoms with E-state index in [0.29, 0.717) is 12.1 Å². The summed E-state index contributed by atoms with van der Waals surface area (Å²) in [4.78, 5) is 12.3. The molecule has 0 saturated heterocycles. The standard InChI is InChI=1S/C17H29N3O3S.ClH/c1-6-17(18,7-2)12-19-15(21)13-8-10-14(11-9-13)24(22,23)20-16(3,4)5;/h8-11,20H,6-7,12,18H2,1-5H3,(H,19,21);1H. The highest BCUT2D eigenvalue weighted by atomic mass is 35.5. The number of nitrogens with two attached hydrogens (primary N) is 1. The van der Waals surface area contributed by atoms with Crippen LogP contribution in [-0.4, -0.2) is 31.9 Å².